The van der Waals surface area contributed by atoms with E-state index in [9.17, 15) is 5.11 Å². The van der Waals surface area contributed by atoms with Crippen LogP contribution in [0.3, 0.4) is 0 Å². The molecule has 3 heteroatoms. The normalized spacial score (nSPS) is 40.7. The minimum atomic E-state index is -0.294. The van der Waals surface area contributed by atoms with Crippen LogP contribution in [-0.4, -0.2) is 24.1 Å². The van der Waals surface area contributed by atoms with E-state index in [4.69, 9.17) is 9.47 Å². The van der Waals surface area contributed by atoms with Gasteiger partial charge in [-0.15, -0.1) is 0 Å². The van der Waals surface area contributed by atoms with Crippen LogP contribution in [0.25, 0.3) is 0 Å². The SMILES string of the molecule is C[C@]12CC[C@@H]3c4ccc(O)cc4CC[C@@H]3[C@@H]1CCC21OCCO1. The number of phenolic OH excluding ortho intramolecular Hbond substituents is 1. The number of rotatable bonds is 0. The molecule has 3 nitrogen and oxygen atoms in total. The van der Waals surface area contributed by atoms with Crippen LogP contribution in [0.4, 0.5) is 0 Å². The van der Waals surface area contributed by atoms with Crippen LogP contribution in [-0.2, 0) is 15.9 Å². The Kier molecular flexibility index (Phi) is 2.94. The number of aromatic hydroxyl groups is 1. The highest BCUT2D eigenvalue weighted by molar-refractivity contribution is 5.40. The van der Waals surface area contributed by atoms with E-state index < -0.39 is 0 Å². The first-order chi connectivity index (χ1) is 11.1. The van der Waals surface area contributed by atoms with Gasteiger partial charge in [0.1, 0.15) is 5.75 Å². The minimum absolute atomic E-state index is 0.180. The number of phenols is 1. The number of hydrogen-bond donors (Lipinski definition) is 1. The fourth-order valence-corrected chi connectivity index (χ4v) is 6.45. The zero-order chi connectivity index (χ0) is 15.7. The van der Waals surface area contributed by atoms with Crippen molar-refractivity contribution in [1.82, 2.24) is 0 Å². The summed E-state index contributed by atoms with van der Waals surface area (Å²) in [6.07, 6.45) is 7.08. The second-order valence-corrected chi connectivity index (χ2v) is 8.24. The second kappa shape index (κ2) is 4.73. The zero-order valence-corrected chi connectivity index (χ0v) is 13.9. The highest BCUT2D eigenvalue weighted by Crippen LogP contribution is 2.66. The molecule has 1 saturated heterocycles. The Morgan fingerprint density at radius 2 is 1.91 bits per heavy atom. The van der Waals surface area contributed by atoms with Gasteiger partial charge in [0.05, 0.1) is 13.2 Å². The van der Waals surface area contributed by atoms with Crippen molar-refractivity contribution in [2.45, 2.75) is 57.2 Å². The molecular formula is C20H26O3. The fraction of sp³-hybridized carbons (Fsp3) is 0.700. The van der Waals surface area contributed by atoms with Crippen molar-refractivity contribution >= 4 is 0 Å². The fourth-order valence-electron chi connectivity index (χ4n) is 6.45. The van der Waals surface area contributed by atoms with Gasteiger partial charge in [0.25, 0.3) is 0 Å². The molecule has 3 fully saturated rings. The van der Waals surface area contributed by atoms with Crippen molar-refractivity contribution < 1.29 is 14.6 Å². The van der Waals surface area contributed by atoms with Gasteiger partial charge in [-0.05, 0) is 73.1 Å². The van der Waals surface area contributed by atoms with Crippen molar-refractivity contribution in [3.05, 3.63) is 29.3 Å². The highest BCUT2D eigenvalue weighted by atomic mass is 16.7. The molecule has 3 aliphatic carbocycles. The molecule has 5 rings (SSSR count). The van der Waals surface area contributed by atoms with E-state index in [1.807, 2.05) is 12.1 Å². The summed E-state index contributed by atoms with van der Waals surface area (Å²) in [6, 6.07) is 6.03. The molecule has 1 spiro atoms. The first-order valence-electron chi connectivity index (χ1n) is 9.23. The van der Waals surface area contributed by atoms with Gasteiger partial charge in [0.15, 0.2) is 5.79 Å². The summed E-state index contributed by atoms with van der Waals surface area (Å²) in [5.74, 6) is 2.24. The smallest absolute Gasteiger partial charge is 0.174 e. The molecule has 1 aliphatic heterocycles. The summed E-state index contributed by atoms with van der Waals surface area (Å²) in [5, 5.41) is 9.78. The molecule has 23 heavy (non-hydrogen) atoms. The highest BCUT2D eigenvalue weighted by Gasteiger charge is 2.64. The maximum Gasteiger partial charge on any atom is 0.174 e. The van der Waals surface area contributed by atoms with E-state index in [1.165, 1.54) is 36.8 Å². The van der Waals surface area contributed by atoms with Crippen LogP contribution >= 0.6 is 0 Å². The van der Waals surface area contributed by atoms with Gasteiger partial charge in [-0.25, -0.2) is 0 Å². The molecule has 1 heterocycles. The summed E-state index contributed by atoms with van der Waals surface area (Å²) >= 11 is 0. The average Bonchev–Trinajstić information content (AvgIpc) is 3.14. The Bertz CT molecular complexity index is 634. The van der Waals surface area contributed by atoms with Gasteiger partial charge in [-0.1, -0.05) is 13.0 Å². The van der Waals surface area contributed by atoms with Gasteiger partial charge in [-0.2, -0.15) is 0 Å². The van der Waals surface area contributed by atoms with Gasteiger partial charge >= 0.3 is 0 Å². The van der Waals surface area contributed by atoms with Gasteiger partial charge in [0, 0.05) is 11.8 Å². The Morgan fingerprint density at radius 1 is 1.09 bits per heavy atom. The molecule has 0 amide bonds. The minimum Gasteiger partial charge on any atom is -0.508 e. The lowest BCUT2D eigenvalue weighted by molar-refractivity contribution is -0.237. The molecule has 1 aromatic carbocycles. The molecular weight excluding hydrogens is 288 g/mol. The number of aryl methyl sites for hydroxylation is 1. The number of hydrogen-bond acceptors (Lipinski definition) is 3. The van der Waals surface area contributed by atoms with Gasteiger partial charge in [-0.3, -0.25) is 0 Å². The third-order valence-electron chi connectivity index (χ3n) is 7.51. The van der Waals surface area contributed by atoms with Crippen molar-refractivity contribution in [3.8, 4) is 5.75 Å². The standard InChI is InChI=1S/C20H26O3/c1-19-8-6-16-15-5-3-14(21)12-13(15)2-4-17(16)18(19)7-9-20(19)22-10-11-23-20/h3,5,12,16-18,21H,2,4,6-11H2,1H3/t16-,17+,18+,19+/m1/s1. The van der Waals surface area contributed by atoms with Gasteiger partial charge in [0.2, 0.25) is 0 Å². The van der Waals surface area contributed by atoms with Crippen LogP contribution in [0, 0.1) is 17.3 Å². The quantitative estimate of drug-likeness (QED) is 0.787. The van der Waals surface area contributed by atoms with E-state index in [1.54, 1.807) is 0 Å². The van der Waals surface area contributed by atoms with Crippen molar-refractivity contribution in [2.24, 2.45) is 17.3 Å². The van der Waals surface area contributed by atoms with Crippen molar-refractivity contribution in [1.29, 1.82) is 0 Å². The van der Waals surface area contributed by atoms with Crippen LogP contribution < -0.4 is 0 Å². The molecule has 0 unspecified atom stereocenters. The molecule has 2 saturated carbocycles. The molecule has 0 radical (unpaired) electrons. The largest absolute Gasteiger partial charge is 0.508 e. The predicted octanol–water partition coefficient (Wildman–Crippen LogP) is 3.99. The van der Waals surface area contributed by atoms with Crippen LogP contribution in [0.5, 0.6) is 5.75 Å². The van der Waals surface area contributed by atoms with Crippen molar-refractivity contribution in [3.63, 3.8) is 0 Å². The summed E-state index contributed by atoms with van der Waals surface area (Å²) in [6.45, 7) is 3.95. The first kappa shape index (κ1) is 14.3. The Hall–Kier alpha value is -1.06. The lowest BCUT2D eigenvalue weighted by atomic mass is 9.55. The van der Waals surface area contributed by atoms with E-state index >= 15 is 0 Å². The molecule has 1 N–H and O–H groups in total. The molecule has 4 aliphatic rings. The molecule has 1 aromatic rings. The first-order valence-corrected chi connectivity index (χ1v) is 9.23. The van der Waals surface area contributed by atoms with Gasteiger partial charge < -0.3 is 14.6 Å². The monoisotopic (exact) mass is 314 g/mol. The van der Waals surface area contributed by atoms with E-state index in [-0.39, 0.29) is 11.2 Å². The number of ether oxygens (including phenoxy) is 2. The van der Waals surface area contributed by atoms with E-state index in [0.717, 1.165) is 32.0 Å². The van der Waals surface area contributed by atoms with Crippen LogP contribution in [0.1, 0.15) is 56.1 Å². The molecule has 0 bridgehead atoms. The third kappa shape index (κ3) is 1.78. The average molecular weight is 314 g/mol. The maximum absolute atomic E-state index is 9.78. The van der Waals surface area contributed by atoms with Crippen molar-refractivity contribution in [2.75, 3.05) is 13.2 Å². The summed E-state index contributed by atoms with van der Waals surface area (Å²) < 4.78 is 12.4. The van der Waals surface area contributed by atoms with E-state index in [2.05, 4.69) is 13.0 Å². The second-order valence-electron chi connectivity index (χ2n) is 8.24. The molecule has 4 atom stereocenters. The lowest BCUT2D eigenvalue weighted by Gasteiger charge is -2.52. The third-order valence-corrected chi connectivity index (χ3v) is 7.51. The topological polar surface area (TPSA) is 38.7 Å². The number of fused-ring (bicyclic) bond motifs is 6. The summed E-state index contributed by atoms with van der Waals surface area (Å²) in [7, 11) is 0. The maximum atomic E-state index is 9.78. The predicted molar refractivity (Wildman–Crippen MR) is 87.4 cm³/mol. The Labute approximate surface area is 138 Å². The lowest BCUT2D eigenvalue weighted by Crippen LogP contribution is -2.51. The van der Waals surface area contributed by atoms with E-state index in [0.29, 0.717) is 17.6 Å². The Morgan fingerprint density at radius 3 is 2.74 bits per heavy atom. The zero-order valence-electron chi connectivity index (χ0n) is 13.9. The Balaban J connectivity index is 1.51. The summed E-state index contributed by atoms with van der Waals surface area (Å²) in [4.78, 5) is 0. The van der Waals surface area contributed by atoms with Crippen LogP contribution in [0.15, 0.2) is 18.2 Å². The molecule has 0 aromatic heterocycles. The molecule has 124 valence electrons. The number of benzene rings is 1. The summed E-state index contributed by atoms with van der Waals surface area (Å²) in [5.41, 5.74) is 3.05. The van der Waals surface area contributed by atoms with Crippen LogP contribution in [0.2, 0.25) is 0 Å².